The van der Waals surface area contributed by atoms with Crippen LogP contribution >= 0.6 is 35.0 Å². The van der Waals surface area contributed by atoms with Crippen LogP contribution in [0.15, 0.2) is 59.8 Å². The average Bonchev–Trinajstić information content (AvgIpc) is 3.74. The first-order chi connectivity index (χ1) is 20.6. The van der Waals surface area contributed by atoms with E-state index in [4.69, 9.17) is 42.1 Å². The first-order valence-corrected chi connectivity index (χ1v) is 16.9. The van der Waals surface area contributed by atoms with E-state index >= 15 is 0 Å². The predicted octanol–water partition coefficient (Wildman–Crippen LogP) is 5.27. The third-order valence-corrected chi connectivity index (χ3v) is 11.6. The van der Waals surface area contributed by atoms with Gasteiger partial charge in [-0.1, -0.05) is 41.4 Å². The number of hydrogen-bond acceptors (Lipinski definition) is 9. The van der Waals surface area contributed by atoms with Crippen molar-refractivity contribution >= 4 is 51.0 Å². The molecule has 3 aromatic rings. The number of thioether (sulfide) groups is 1. The molecule has 43 heavy (non-hydrogen) atoms. The molecule has 2 aromatic carbocycles. The van der Waals surface area contributed by atoms with Crippen molar-refractivity contribution in [1.82, 2.24) is 4.31 Å². The molecule has 1 aliphatic carbocycles. The highest BCUT2D eigenvalue weighted by Gasteiger charge is 2.48. The molecule has 3 heterocycles. The Hall–Kier alpha value is -2.90. The third kappa shape index (κ3) is 5.71. The minimum atomic E-state index is -3.97. The number of benzene rings is 2. The summed E-state index contributed by atoms with van der Waals surface area (Å²) >= 11 is 14.0. The SMILES string of the molecule is COc1ccc([C@H](Cc2c(Cl)c[n+]([O-])cc2Cl)OC(=O)[C@@H]2SCCN2S(=O)(=O)c2ccccc2)c2c1OC1(CCCC1)O2. The van der Waals surface area contributed by atoms with Crippen LogP contribution in [0.5, 0.6) is 17.2 Å². The zero-order valence-corrected chi connectivity index (χ0v) is 26.2. The number of halogens is 2. The maximum Gasteiger partial charge on any atom is 0.335 e. The van der Waals surface area contributed by atoms with Gasteiger partial charge < -0.3 is 24.2 Å². The monoisotopic (exact) mass is 666 g/mol. The lowest BCUT2D eigenvalue weighted by molar-refractivity contribution is -0.605. The van der Waals surface area contributed by atoms with Crippen LogP contribution in [0.25, 0.3) is 0 Å². The van der Waals surface area contributed by atoms with E-state index in [2.05, 4.69) is 0 Å². The van der Waals surface area contributed by atoms with Crippen molar-refractivity contribution in [2.45, 2.75) is 54.3 Å². The zero-order chi connectivity index (χ0) is 30.4. The van der Waals surface area contributed by atoms with E-state index in [1.165, 1.54) is 31.0 Å². The van der Waals surface area contributed by atoms with E-state index < -0.39 is 33.3 Å². The van der Waals surface area contributed by atoms with Crippen molar-refractivity contribution in [2.24, 2.45) is 0 Å². The lowest BCUT2D eigenvalue weighted by Gasteiger charge is -2.26. The smallest absolute Gasteiger partial charge is 0.335 e. The number of hydrogen-bond donors (Lipinski definition) is 0. The van der Waals surface area contributed by atoms with Crippen LogP contribution in [0.1, 0.15) is 42.9 Å². The van der Waals surface area contributed by atoms with Crippen LogP contribution in [0.3, 0.4) is 0 Å². The number of rotatable bonds is 8. The summed E-state index contributed by atoms with van der Waals surface area (Å²) in [6.07, 6.45) is 4.48. The van der Waals surface area contributed by atoms with Crippen LogP contribution in [-0.4, -0.2) is 49.3 Å². The minimum absolute atomic E-state index is 0.0256. The number of aromatic nitrogens is 1. The summed E-state index contributed by atoms with van der Waals surface area (Å²) in [5, 5.41) is 11.0. The first-order valence-electron chi connectivity index (χ1n) is 13.7. The molecule has 0 bridgehead atoms. The fraction of sp³-hybridized carbons (Fsp3) is 0.379. The third-order valence-electron chi connectivity index (χ3n) is 7.72. The number of carbonyl (C=O) groups excluding carboxylic acids is 1. The lowest BCUT2D eigenvalue weighted by atomic mass is 10.00. The Labute approximate surface area is 263 Å². The highest BCUT2D eigenvalue weighted by Crippen LogP contribution is 2.54. The van der Waals surface area contributed by atoms with E-state index in [9.17, 15) is 18.4 Å². The molecule has 3 aliphatic rings. The topological polar surface area (TPSA) is 118 Å². The summed E-state index contributed by atoms with van der Waals surface area (Å²) in [5.74, 6) is 0.0323. The zero-order valence-electron chi connectivity index (χ0n) is 23.0. The Morgan fingerprint density at radius 2 is 1.79 bits per heavy atom. The molecule has 0 unspecified atom stereocenters. The fourth-order valence-electron chi connectivity index (χ4n) is 5.63. The summed E-state index contributed by atoms with van der Waals surface area (Å²) in [6, 6.07) is 11.4. The van der Waals surface area contributed by atoms with Crippen LogP contribution in [0.2, 0.25) is 10.0 Å². The first kappa shape index (κ1) is 30.1. The number of carbonyl (C=O) groups is 1. The molecular formula is C29H28Cl2N2O8S2. The minimum Gasteiger partial charge on any atom is -0.619 e. The van der Waals surface area contributed by atoms with Crippen molar-refractivity contribution in [1.29, 1.82) is 0 Å². The second-order valence-electron chi connectivity index (χ2n) is 10.4. The average molecular weight is 668 g/mol. The number of methoxy groups -OCH3 is 1. The summed E-state index contributed by atoms with van der Waals surface area (Å²) in [4.78, 5) is 13.9. The van der Waals surface area contributed by atoms with Gasteiger partial charge in [0.25, 0.3) is 5.79 Å². The Bertz CT molecular complexity index is 1630. The molecule has 14 heteroatoms. The number of pyridine rings is 1. The van der Waals surface area contributed by atoms with Gasteiger partial charge in [0, 0.05) is 42.7 Å². The van der Waals surface area contributed by atoms with Gasteiger partial charge in [-0.05, 0) is 37.1 Å². The fourth-order valence-corrected chi connectivity index (χ4v) is 9.29. The molecule has 6 rings (SSSR count). The normalized spacial score (nSPS) is 19.9. The number of fused-ring (bicyclic) bond motifs is 1. The number of sulfonamides is 1. The molecule has 0 radical (unpaired) electrons. The van der Waals surface area contributed by atoms with E-state index in [0.717, 1.165) is 29.5 Å². The molecule has 1 saturated carbocycles. The Kier molecular flexibility index (Phi) is 8.33. The van der Waals surface area contributed by atoms with Gasteiger partial charge in [-0.2, -0.15) is 9.04 Å². The van der Waals surface area contributed by atoms with Crippen LogP contribution < -0.4 is 18.9 Å². The van der Waals surface area contributed by atoms with Crippen LogP contribution in [-0.2, 0) is 26.0 Å². The van der Waals surface area contributed by atoms with Gasteiger partial charge in [0.1, 0.15) is 16.1 Å². The van der Waals surface area contributed by atoms with Crippen LogP contribution in [0.4, 0.5) is 0 Å². The molecule has 0 amide bonds. The van der Waals surface area contributed by atoms with Gasteiger partial charge in [-0.3, -0.25) is 0 Å². The summed E-state index contributed by atoms with van der Waals surface area (Å²) in [7, 11) is -2.45. The summed E-state index contributed by atoms with van der Waals surface area (Å²) in [5.41, 5.74) is 0.847. The van der Waals surface area contributed by atoms with Gasteiger partial charge in [0.05, 0.1) is 12.0 Å². The van der Waals surface area contributed by atoms with Gasteiger partial charge in [-0.15, -0.1) is 11.8 Å². The van der Waals surface area contributed by atoms with Gasteiger partial charge in [0.15, 0.2) is 29.3 Å². The van der Waals surface area contributed by atoms with E-state index in [1.54, 1.807) is 30.3 Å². The Morgan fingerprint density at radius 3 is 2.47 bits per heavy atom. The highest BCUT2D eigenvalue weighted by atomic mass is 35.5. The molecule has 2 fully saturated rings. The van der Waals surface area contributed by atoms with E-state index in [1.807, 2.05) is 0 Å². The number of esters is 1. The molecule has 10 nitrogen and oxygen atoms in total. The summed E-state index contributed by atoms with van der Waals surface area (Å²) in [6.45, 7) is 0.142. The van der Waals surface area contributed by atoms with Crippen molar-refractivity contribution in [3.63, 3.8) is 0 Å². The Balaban J connectivity index is 1.38. The maximum atomic E-state index is 13.8. The van der Waals surface area contributed by atoms with Crippen molar-refractivity contribution < 1.29 is 36.9 Å². The predicted molar refractivity (Wildman–Crippen MR) is 160 cm³/mol. The number of ether oxygens (including phenoxy) is 4. The quantitative estimate of drug-likeness (QED) is 0.180. The molecule has 2 aliphatic heterocycles. The summed E-state index contributed by atoms with van der Waals surface area (Å²) < 4.78 is 53.0. The van der Waals surface area contributed by atoms with Crippen molar-refractivity contribution in [2.75, 3.05) is 19.4 Å². The highest BCUT2D eigenvalue weighted by molar-refractivity contribution is 8.02. The molecule has 1 aromatic heterocycles. The maximum absolute atomic E-state index is 13.8. The van der Waals surface area contributed by atoms with Crippen molar-refractivity contribution in [3.05, 3.63) is 81.2 Å². The Morgan fingerprint density at radius 1 is 1.12 bits per heavy atom. The molecule has 1 spiro atoms. The molecule has 0 N–H and O–H groups in total. The molecule has 228 valence electrons. The van der Waals surface area contributed by atoms with Gasteiger partial charge in [-0.25, -0.2) is 13.2 Å². The van der Waals surface area contributed by atoms with E-state index in [0.29, 0.717) is 51.7 Å². The van der Waals surface area contributed by atoms with Gasteiger partial charge in [0.2, 0.25) is 15.8 Å². The number of nitrogens with zero attached hydrogens (tertiary/aromatic N) is 2. The standard InChI is InChI=1S/C29H28Cl2N2O8S2/c1-38-23-10-9-19(25-26(23)41-29(40-25)11-5-6-12-29)24(15-20-21(30)16-32(35)17-22(20)31)39-28(34)27-33(13-14-42-27)43(36,37)18-7-3-2-4-8-18/h2-4,7-10,16-17,24,27H,5-6,11-15H2,1H3/t24-,27-/m0/s1. The molecule has 1 saturated heterocycles. The molecule has 2 atom stereocenters. The largest absolute Gasteiger partial charge is 0.619 e. The van der Waals surface area contributed by atoms with Gasteiger partial charge >= 0.3 is 5.97 Å². The van der Waals surface area contributed by atoms with E-state index in [-0.39, 0.29) is 27.9 Å². The molecular weight excluding hydrogens is 639 g/mol. The second kappa shape index (κ2) is 11.9. The van der Waals surface area contributed by atoms with Crippen molar-refractivity contribution in [3.8, 4) is 17.2 Å². The second-order valence-corrected chi connectivity index (χ2v) is 14.3. The van der Waals surface area contributed by atoms with Crippen LogP contribution in [0, 0.1) is 5.21 Å². The lowest BCUT2D eigenvalue weighted by Crippen LogP contribution is -2.40.